The Labute approximate surface area is 173 Å². The summed E-state index contributed by atoms with van der Waals surface area (Å²) in [5.41, 5.74) is 1.68. The number of methoxy groups -OCH3 is 1. The highest BCUT2D eigenvalue weighted by Crippen LogP contribution is 2.39. The summed E-state index contributed by atoms with van der Waals surface area (Å²) < 4.78 is 5.14. The second-order valence-corrected chi connectivity index (χ2v) is 6.77. The van der Waals surface area contributed by atoms with Gasteiger partial charge in [-0.25, -0.2) is 0 Å². The van der Waals surface area contributed by atoms with E-state index in [1.807, 2.05) is 6.07 Å². The number of likely N-dealkylation sites (tertiary alicyclic amines) is 1. The van der Waals surface area contributed by atoms with Gasteiger partial charge in [0.2, 0.25) is 0 Å². The molecule has 1 fully saturated rings. The van der Waals surface area contributed by atoms with Gasteiger partial charge in [0.1, 0.15) is 17.6 Å². The number of ether oxygens (including phenoxy) is 1. The van der Waals surface area contributed by atoms with Gasteiger partial charge in [0.15, 0.2) is 0 Å². The van der Waals surface area contributed by atoms with E-state index < -0.39 is 17.7 Å². The first-order valence-electron chi connectivity index (χ1n) is 9.33. The Hall–Kier alpha value is -4.00. The van der Waals surface area contributed by atoms with Crippen LogP contribution in [0.5, 0.6) is 5.75 Å². The number of carbonyl (C=O) groups is 2. The van der Waals surface area contributed by atoms with Crippen LogP contribution in [0.2, 0.25) is 0 Å². The van der Waals surface area contributed by atoms with Gasteiger partial charge in [-0.1, -0.05) is 12.1 Å². The minimum Gasteiger partial charge on any atom is -0.507 e. The molecule has 150 valence electrons. The van der Waals surface area contributed by atoms with Gasteiger partial charge in [-0.05, 0) is 48.0 Å². The molecule has 4 rings (SSSR count). The van der Waals surface area contributed by atoms with Crippen LogP contribution in [0, 0.1) is 0 Å². The average Bonchev–Trinajstić information content (AvgIpc) is 3.05. The summed E-state index contributed by atoms with van der Waals surface area (Å²) in [6.45, 7) is 0.166. The van der Waals surface area contributed by atoms with Crippen LogP contribution >= 0.6 is 0 Å². The molecule has 1 amide bonds. The fourth-order valence-electron chi connectivity index (χ4n) is 3.48. The highest BCUT2D eigenvalue weighted by molar-refractivity contribution is 6.46. The molecule has 3 aromatic rings. The van der Waals surface area contributed by atoms with Crippen LogP contribution in [0.15, 0.2) is 78.8 Å². The molecule has 0 spiro atoms. The smallest absolute Gasteiger partial charge is 0.296 e. The van der Waals surface area contributed by atoms with Crippen molar-refractivity contribution in [2.45, 2.75) is 12.6 Å². The molecule has 1 saturated heterocycles. The van der Waals surface area contributed by atoms with E-state index in [0.29, 0.717) is 17.0 Å². The van der Waals surface area contributed by atoms with Crippen molar-refractivity contribution in [1.82, 2.24) is 14.9 Å². The number of carbonyl (C=O) groups excluding carboxylic acids is 2. The highest BCUT2D eigenvalue weighted by atomic mass is 16.5. The Kier molecular flexibility index (Phi) is 5.26. The number of hydrogen-bond acceptors (Lipinski definition) is 6. The molecule has 1 aliphatic rings. The maximum Gasteiger partial charge on any atom is 0.296 e. The average molecular weight is 401 g/mol. The first-order chi connectivity index (χ1) is 14.6. The summed E-state index contributed by atoms with van der Waals surface area (Å²) in [5, 5.41) is 11.0. The zero-order valence-corrected chi connectivity index (χ0v) is 16.2. The first-order valence-corrected chi connectivity index (χ1v) is 9.33. The number of pyridine rings is 2. The predicted octanol–water partition coefficient (Wildman–Crippen LogP) is 3.11. The van der Waals surface area contributed by atoms with Crippen molar-refractivity contribution in [3.63, 3.8) is 0 Å². The molecule has 0 saturated carbocycles. The largest absolute Gasteiger partial charge is 0.507 e. The second kappa shape index (κ2) is 8.16. The van der Waals surface area contributed by atoms with Gasteiger partial charge < -0.3 is 14.7 Å². The van der Waals surface area contributed by atoms with Crippen molar-refractivity contribution in [3.8, 4) is 5.75 Å². The number of hydrogen-bond donors (Lipinski definition) is 1. The fourth-order valence-corrected chi connectivity index (χ4v) is 3.48. The van der Waals surface area contributed by atoms with Gasteiger partial charge in [0, 0.05) is 30.7 Å². The van der Waals surface area contributed by atoms with Gasteiger partial charge >= 0.3 is 0 Å². The number of amides is 1. The number of Topliss-reactive ketones (excluding diaryl/α,β-unsaturated/α-hetero) is 1. The number of aromatic nitrogens is 2. The molecule has 2 aromatic heterocycles. The lowest BCUT2D eigenvalue weighted by Gasteiger charge is -2.24. The SMILES string of the molecule is COc1ccc(/C(O)=C2\C(=O)C(=O)N(Cc3cccnc3)[C@H]2c2ccccn2)cc1. The lowest BCUT2D eigenvalue weighted by molar-refractivity contribution is -0.140. The Morgan fingerprint density at radius 2 is 1.87 bits per heavy atom. The third-order valence-corrected chi connectivity index (χ3v) is 4.95. The predicted molar refractivity (Wildman–Crippen MR) is 109 cm³/mol. The molecule has 1 atom stereocenters. The van der Waals surface area contributed by atoms with Crippen LogP contribution in [0.1, 0.15) is 22.9 Å². The van der Waals surface area contributed by atoms with Crippen LogP contribution in [0.3, 0.4) is 0 Å². The van der Waals surface area contributed by atoms with Crippen molar-refractivity contribution in [3.05, 3.63) is 95.6 Å². The molecule has 1 aromatic carbocycles. The van der Waals surface area contributed by atoms with Crippen LogP contribution in [0.25, 0.3) is 5.76 Å². The van der Waals surface area contributed by atoms with E-state index in [1.165, 1.54) is 4.90 Å². The summed E-state index contributed by atoms with van der Waals surface area (Å²) in [6.07, 6.45) is 4.86. The molecule has 0 aliphatic carbocycles. The molecule has 7 nitrogen and oxygen atoms in total. The van der Waals surface area contributed by atoms with Crippen LogP contribution in [-0.2, 0) is 16.1 Å². The van der Waals surface area contributed by atoms with Crippen molar-refractivity contribution in [1.29, 1.82) is 0 Å². The Balaban J connectivity index is 1.83. The van der Waals surface area contributed by atoms with Crippen molar-refractivity contribution >= 4 is 17.4 Å². The molecule has 1 N–H and O–H groups in total. The standard InChI is InChI=1S/C23H19N3O4/c1-30-17-9-7-16(8-10-17)21(27)19-20(18-6-2-3-12-25-18)26(23(29)22(19)28)14-15-5-4-11-24-13-15/h2-13,20,27H,14H2,1H3/b21-19+/t20-/m0/s1. The zero-order valence-electron chi connectivity index (χ0n) is 16.2. The minimum absolute atomic E-state index is 0.00718. The Morgan fingerprint density at radius 3 is 2.50 bits per heavy atom. The summed E-state index contributed by atoms with van der Waals surface area (Å²) in [4.78, 5) is 35.7. The third-order valence-electron chi connectivity index (χ3n) is 4.95. The maximum atomic E-state index is 13.0. The molecule has 30 heavy (non-hydrogen) atoms. The number of benzene rings is 1. The highest BCUT2D eigenvalue weighted by Gasteiger charge is 2.46. The van der Waals surface area contributed by atoms with E-state index in [9.17, 15) is 14.7 Å². The Morgan fingerprint density at radius 1 is 1.07 bits per heavy atom. The molecular weight excluding hydrogens is 382 g/mol. The normalized spacial score (nSPS) is 17.9. The van der Waals surface area contributed by atoms with Gasteiger partial charge in [-0.15, -0.1) is 0 Å². The number of rotatable bonds is 5. The van der Waals surface area contributed by atoms with Crippen molar-refractivity contribution in [2.24, 2.45) is 0 Å². The minimum atomic E-state index is -0.812. The van der Waals surface area contributed by atoms with Crippen LogP contribution in [0.4, 0.5) is 0 Å². The maximum absolute atomic E-state index is 13.0. The van der Waals surface area contributed by atoms with Gasteiger partial charge in [-0.2, -0.15) is 0 Å². The summed E-state index contributed by atoms with van der Waals surface area (Å²) in [5.74, 6) is -1.07. The monoisotopic (exact) mass is 401 g/mol. The fraction of sp³-hybridized carbons (Fsp3) is 0.130. The summed E-state index contributed by atoms with van der Waals surface area (Å²) >= 11 is 0. The molecule has 1 aliphatic heterocycles. The number of aliphatic hydroxyl groups is 1. The van der Waals surface area contributed by atoms with Crippen molar-refractivity contribution in [2.75, 3.05) is 7.11 Å². The Bertz CT molecular complexity index is 1100. The first kappa shape index (κ1) is 19.3. The van der Waals surface area contributed by atoms with E-state index >= 15 is 0 Å². The van der Waals surface area contributed by atoms with Gasteiger partial charge in [0.05, 0.1) is 18.4 Å². The molecule has 0 radical (unpaired) electrons. The summed E-state index contributed by atoms with van der Waals surface area (Å²) in [7, 11) is 1.54. The van der Waals surface area contributed by atoms with E-state index in [1.54, 1.807) is 74.2 Å². The second-order valence-electron chi connectivity index (χ2n) is 6.77. The van der Waals surface area contributed by atoms with Crippen molar-refractivity contribution < 1.29 is 19.4 Å². The van der Waals surface area contributed by atoms with E-state index in [4.69, 9.17) is 4.74 Å². The third kappa shape index (κ3) is 3.53. The molecular formula is C23H19N3O4. The zero-order chi connectivity index (χ0) is 21.1. The molecule has 0 unspecified atom stereocenters. The number of ketones is 1. The van der Waals surface area contributed by atoms with Gasteiger partial charge in [0.25, 0.3) is 11.7 Å². The van der Waals surface area contributed by atoms with E-state index in [0.717, 1.165) is 5.56 Å². The topological polar surface area (TPSA) is 92.6 Å². The van der Waals surface area contributed by atoms with Crippen LogP contribution in [-0.4, -0.2) is 38.8 Å². The molecule has 3 heterocycles. The molecule has 0 bridgehead atoms. The molecule has 7 heteroatoms. The van der Waals surface area contributed by atoms with Crippen LogP contribution < -0.4 is 4.74 Å². The lowest BCUT2D eigenvalue weighted by Crippen LogP contribution is -2.29. The lowest BCUT2D eigenvalue weighted by atomic mass is 9.98. The van der Waals surface area contributed by atoms with E-state index in [2.05, 4.69) is 9.97 Å². The number of aliphatic hydroxyl groups excluding tert-OH is 1. The number of nitrogens with zero attached hydrogens (tertiary/aromatic N) is 3. The quantitative estimate of drug-likeness (QED) is 0.401. The van der Waals surface area contributed by atoms with Gasteiger partial charge in [-0.3, -0.25) is 19.6 Å². The summed E-state index contributed by atoms with van der Waals surface area (Å²) in [6, 6.07) is 14.7. The van der Waals surface area contributed by atoms with E-state index in [-0.39, 0.29) is 17.9 Å².